The van der Waals surface area contributed by atoms with Gasteiger partial charge in [-0.3, -0.25) is 4.98 Å². The molecule has 1 aromatic rings. The molecule has 1 aromatic heterocycles. The molecule has 0 aromatic carbocycles. The van der Waals surface area contributed by atoms with Gasteiger partial charge in [-0.05, 0) is 25.0 Å². The predicted molar refractivity (Wildman–Crippen MR) is 75.7 cm³/mol. The number of rotatable bonds is 9. The molecule has 0 saturated heterocycles. The molecule has 3 heteroatoms. The van der Waals surface area contributed by atoms with Crippen molar-refractivity contribution in [1.29, 1.82) is 0 Å². The van der Waals surface area contributed by atoms with Crippen LogP contribution < -0.4 is 10.5 Å². The average Bonchev–Trinajstić information content (AvgIpc) is 2.42. The Hall–Kier alpha value is -1.09. The van der Waals surface area contributed by atoms with E-state index in [1.54, 1.807) is 6.20 Å². The third-order valence-corrected chi connectivity index (χ3v) is 3.10. The number of pyridine rings is 1. The van der Waals surface area contributed by atoms with Crippen molar-refractivity contribution in [2.75, 3.05) is 6.61 Å². The standard InChI is InChI=1S/C15H26N2O/c1-3-5-6-7-8-11-18-13-9-10-15(17-12-13)14(16)4-2/h9-10,12,14H,3-8,11,16H2,1-2H3. The Labute approximate surface area is 111 Å². The Bertz CT molecular complexity index is 311. The molecule has 18 heavy (non-hydrogen) atoms. The van der Waals surface area contributed by atoms with Crippen LogP contribution in [0.5, 0.6) is 5.75 Å². The molecule has 1 atom stereocenters. The summed E-state index contributed by atoms with van der Waals surface area (Å²) in [7, 11) is 0. The molecular weight excluding hydrogens is 224 g/mol. The lowest BCUT2D eigenvalue weighted by Crippen LogP contribution is -2.10. The van der Waals surface area contributed by atoms with E-state index in [-0.39, 0.29) is 6.04 Å². The van der Waals surface area contributed by atoms with Crippen LogP contribution in [-0.4, -0.2) is 11.6 Å². The second-order valence-electron chi connectivity index (χ2n) is 4.70. The first-order chi connectivity index (χ1) is 8.77. The van der Waals surface area contributed by atoms with E-state index >= 15 is 0 Å². The Morgan fingerprint density at radius 2 is 1.94 bits per heavy atom. The normalized spacial score (nSPS) is 12.4. The first-order valence-electron chi connectivity index (χ1n) is 7.12. The van der Waals surface area contributed by atoms with Gasteiger partial charge in [-0.2, -0.15) is 0 Å². The van der Waals surface area contributed by atoms with Crippen LogP contribution in [-0.2, 0) is 0 Å². The van der Waals surface area contributed by atoms with Gasteiger partial charge in [0.15, 0.2) is 0 Å². The van der Waals surface area contributed by atoms with Crippen LogP contribution in [0.15, 0.2) is 18.3 Å². The molecule has 1 heterocycles. The summed E-state index contributed by atoms with van der Waals surface area (Å²) in [6.07, 6.45) is 8.97. The van der Waals surface area contributed by atoms with E-state index in [0.717, 1.165) is 30.9 Å². The number of hydrogen-bond donors (Lipinski definition) is 1. The first kappa shape index (κ1) is 15.0. The number of unbranched alkanes of at least 4 members (excludes halogenated alkanes) is 4. The van der Waals surface area contributed by atoms with Gasteiger partial charge in [-0.15, -0.1) is 0 Å². The van der Waals surface area contributed by atoms with Crippen LogP contribution in [0.3, 0.4) is 0 Å². The van der Waals surface area contributed by atoms with E-state index in [9.17, 15) is 0 Å². The van der Waals surface area contributed by atoms with Gasteiger partial charge in [0.25, 0.3) is 0 Å². The highest BCUT2D eigenvalue weighted by Crippen LogP contribution is 2.15. The molecule has 0 aliphatic rings. The average molecular weight is 250 g/mol. The second-order valence-corrected chi connectivity index (χ2v) is 4.70. The van der Waals surface area contributed by atoms with Gasteiger partial charge in [-0.1, -0.05) is 39.5 Å². The Kier molecular flexibility index (Phi) is 7.42. The molecule has 0 spiro atoms. The maximum Gasteiger partial charge on any atom is 0.137 e. The van der Waals surface area contributed by atoms with Crippen LogP contribution in [0.2, 0.25) is 0 Å². The minimum atomic E-state index is 0.0353. The largest absolute Gasteiger partial charge is 0.492 e. The number of nitrogens with zero attached hydrogens (tertiary/aromatic N) is 1. The molecule has 0 saturated carbocycles. The molecule has 0 radical (unpaired) electrons. The molecule has 3 nitrogen and oxygen atoms in total. The number of ether oxygens (including phenoxy) is 1. The molecule has 0 amide bonds. The zero-order valence-corrected chi connectivity index (χ0v) is 11.7. The predicted octanol–water partition coefficient (Wildman–Crippen LogP) is 3.84. The van der Waals surface area contributed by atoms with E-state index in [4.69, 9.17) is 10.5 Å². The highest BCUT2D eigenvalue weighted by atomic mass is 16.5. The summed E-state index contributed by atoms with van der Waals surface area (Å²) in [5.41, 5.74) is 6.85. The fourth-order valence-corrected chi connectivity index (χ4v) is 1.80. The first-order valence-corrected chi connectivity index (χ1v) is 7.12. The van der Waals surface area contributed by atoms with Gasteiger partial charge in [0.05, 0.1) is 18.5 Å². The van der Waals surface area contributed by atoms with E-state index in [0.29, 0.717) is 0 Å². The molecule has 0 aliphatic heterocycles. The van der Waals surface area contributed by atoms with Gasteiger partial charge < -0.3 is 10.5 Å². The van der Waals surface area contributed by atoms with Crippen molar-refractivity contribution in [3.63, 3.8) is 0 Å². The summed E-state index contributed by atoms with van der Waals surface area (Å²) < 4.78 is 5.65. The van der Waals surface area contributed by atoms with Gasteiger partial charge in [-0.25, -0.2) is 0 Å². The van der Waals surface area contributed by atoms with Crippen molar-refractivity contribution < 1.29 is 4.74 Å². The second kappa shape index (κ2) is 8.92. The zero-order valence-electron chi connectivity index (χ0n) is 11.7. The third-order valence-electron chi connectivity index (χ3n) is 3.10. The van der Waals surface area contributed by atoms with Crippen molar-refractivity contribution in [1.82, 2.24) is 4.98 Å². The lowest BCUT2D eigenvalue weighted by molar-refractivity contribution is 0.303. The molecule has 1 unspecified atom stereocenters. The van der Waals surface area contributed by atoms with Crippen molar-refractivity contribution in [2.45, 2.75) is 58.4 Å². The minimum Gasteiger partial charge on any atom is -0.492 e. The van der Waals surface area contributed by atoms with E-state index in [1.807, 2.05) is 12.1 Å². The summed E-state index contributed by atoms with van der Waals surface area (Å²) in [5, 5.41) is 0. The van der Waals surface area contributed by atoms with E-state index in [2.05, 4.69) is 18.8 Å². The van der Waals surface area contributed by atoms with Crippen LogP contribution >= 0.6 is 0 Å². The van der Waals surface area contributed by atoms with Crippen molar-refractivity contribution in [3.05, 3.63) is 24.0 Å². The van der Waals surface area contributed by atoms with Gasteiger partial charge in [0, 0.05) is 6.04 Å². The molecule has 2 N–H and O–H groups in total. The topological polar surface area (TPSA) is 48.1 Å². The molecule has 1 rings (SSSR count). The Morgan fingerprint density at radius 1 is 1.17 bits per heavy atom. The van der Waals surface area contributed by atoms with Crippen LogP contribution in [0.1, 0.15) is 64.1 Å². The summed E-state index contributed by atoms with van der Waals surface area (Å²) in [5.74, 6) is 0.845. The lowest BCUT2D eigenvalue weighted by Gasteiger charge is -2.09. The fraction of sp³-hybridized carbons (Fsp3) is 0.667. The summed E-state index contributed by atoms with van der Waals surface area (Å²) in [4.78, 5) is 4.33. The Morgan fingerprint density at radius 3 is 2.56 bits per heavy atom. The maximum absolute atomic E-state index is 5.91. The molecule has 0 fully saturated rings. The van der Waals surface area contributed by atoms with E-state index in [1.165, 1.54) is 25.7 Å². The smallest absolute Gasteiger partial charge is 0.137 e. The SMILES string of the molecule is CCCCCCCOc1ccc(C(N)CC)nc1. The van der Waals surface area contributed by atoms with Crippen molar-refractivity contribution >= 4 is 0 Å². The Balaban J connectivity index is 2.22. The minimum absolute atomic E-state index is 0.0353. The van der Waals surface area contributed by atoms with E-state index < -0.39 is 0 Å². The summed E-state index contributed by atoms with van der Waals surface area (Å²) >= 11 is 0. The number of nitrogens with two attached hydrogens (primary N) is 1. The molecule has 0 aliphatic carbocycles. The highest BCUT2D eigenvalue weighted by molar-refractivity contribution is 5.21. The zero-order chi connectivity index (χ0) is 13.2. The van der Waals surface area contributed by atoms with Gasteiger partial charge in [0.2, 0.25) is 0 Å². The van der Waals surface area contributed by atoms with Gasteiger partial charge >= 0.3 is 0 Å². The maximum atomic E-state index is 5.91. The van der Waals surface area contributed by atoms with Gasteiger partial charge in [0.1, 0.15) is 5.75 Å². The molecular formula is C15H26N2O. The summed E-state index contributed by atoms with van der Waals surface area (Å²) in [6, 6.07) is 3.96. The highest BCUT2D eigenvalue weighted by Gasteiger charge is 2.04. The quantitative estimate of drug-likeness (QED) is 0.677. The third kappa shape index (κ3) is 5.50. The van der Waals surface area contributed by atoms with Crippen LogP contribution in [0.25, 0.3) is 0 Å². The van der Waals surface area contributed by atoms with Crippen LogP contribution in [0.4, 0.5) is 0 Å². The van der Waals surface area contributed by atoms with Crippen molar-refractivity contribution in [2.24, 2.45) is 5.73 Å². The van der Waals surface area contributed by atoms with Crippen LogP contribution in [0, 0.1) is 0 Å². The molecule has 0 bridgehead atoms. The summed E-state index contributed by atoms with van der Waals surface area (Å²) in [6.45, 7) is 5.07. The fourth-order valence-electron chi connectivity index (χ4n) is 1.80. The number of aromatic nitrogens is 1. The lowest BCUT2D eigenvalue weighted by atomic mass is 10.1. The monoisotopic (exact) mass is 250 g/mol. The number of hydrogen-bond acceptors (Lipinski definition) is 3. The van der Waals surface area contributed by atoms with Crippen molar-refractivity contribution in [3.8, 4) is 5.75 Å². The molecule has 102 valence electrons.